The van der Waals surface area contributed by atoms with E-state index in [0.29, 0.717) is 38.5 Å². The van der Waals surface area contributed by atoms with Crippen LogP contribution in [0.4, 0.5) is 0 Å². The Kier molecular flexibility index (Phi) is 46.9. The van der Waals surface area contributed by atoms with E-state index in [1.54, 1.807) is 6.92 Å². The summed E-state index contributed by atoms with van der Waals surface area (Å²) in [6.45, 7) is 12.0. The number of unbranched alkanes of at least 4 members (excludes halogenated alkanes) is 12. The SMILES string of the molecule is CCCCC(CC)CC(C(=O)[O-])C(CC(CC)CCCC)(C(=O)[O-])S(=O)(=O)O.CCCCCCCCOC(=O)CC(C(=O)OCCCCCCCC)S(=O)(=O)[O-].[Na+].[Na+].[Na+]. The molecule has 0 aliphatic rings. The van der Waals surface area contributed by atoms with Crippen LogP contribution in [0.25, 0.3) is 0 Å². The summed E-state index contributed by atoms with van der Waals surface area (Å²) < 4.78 is 75.4. The predicted molar refractivity (Wildman–Crippen MR) is 210 cm³/mol. The second-order valence-electron chi connectivity index (χ2n) is 14.9. The molecule has 59 heavy (non-hydrogen) atoms. The molecule has 0 fully saturated rings. The van der Waals surface area contributed by atoms with Crippen molar-refractivity contribution in [2.75, 3.05) is 13.2 Å². The number of ether oxygens (including phenoxy) is 2. The fourth-order valence-electron chi connectivity index (χ4n) is 6.65. The van der Waals surface area contributed by atoms with E-state index in [2.05, 4.69) is 13.8 Å². The van der Waals surface area contributed by atoms with Crippen molar-refractivity contribution in [3.63, 3.8) is 0 Å². The first-order valence-electron chi connectivity index (χ1n) is 21.0. The summed E-state index contributed by atoms with van der Waals surface area (Å²) in [5.41, 5.74) is 0. The number of carbonyl (C=O) groups is 4. The van der Waals surface area contributed by atoms with Crippen LogP contribution in [-0.2, 0) is 48.9 Å². The molecule has 0 rings (SSSR count). The van der Waals surface area contributed by atoms with Gasteiger partial charge in [0, 0.05) is 11.9 Å². The van der Waals surface area contributed by atoms with Gasteiger partial charge in [-0.3, -0.25) is 14.1 Å². The molecular weight excluding hydrogens is 838 g/mol. The van der Waals surface area contributed by atoms with Gasteiger partial charge in [0.05, 0.1) is 25.6 Å². The summed E-state index contributed by atoms with van der Waals surface area (Å²) in [7, 11) is -10.2. The minimum atomic E-state index is -5.26. The summed E-state index contributed by atoms with van der Waals surface area (Å²) in [5, 5.41) is 22.0. The van der Waals surface area contributed by atoms with Crippen molar-refractivity contribution < 1.29 is 153 Å². The molecule has 1 N–H and O–H groups in total. The Bertz CT molecular complexity index is 1320. The van der Waals surface area contributed by atoms with Crippen LogP contribution in [0, 0.1) is 17.8 Å². The van der Waals surface area contributed by atoms with Crippen LogP contribution < -0.4 is 98.9 Å². The van der Waals surface area contributed by atoms with Crippen molar-refractivity contribution in [2.24, 2.45) is 17.8 Å². The van der Waals surface area contributed by atoms with E-state index in [-0.39, 0.29) is 120 Å². The Hall–Kier alpha value is 0.700. The molecule has 332 valence electrons. The number of carbonyl (C=O) groups excluding carboxylic acids is 4. The molecule has 0 radical (unpaired) electrons. The number of carboxylic acid groups (broad SMARTS) is 2. The zero-order valence-corrected chi connectivity index (χ0v) is 45.7. The van der Waals surface area contributed by atoms with E-state index in [4.69, 9.17) is 9.47 Å². The number of esters is 2. The summed E-state index contributed by atoms with van der Waals surface area (Å²) in [4.78, 5) is 47.7. The van der Waals surface area contributed by atoms with Crippen molar-refractivity contribution in [3.05, 3.63) is 0 Å². The maximum atomic E-state index is 12.3. The van der Waals surface area contributed by atoms with Crippen molar-refractivity contribution in [3.8, 4) is 0 Å². The summed E-state index contributed by atoms with van der Waals surface area (Å²) in [5.74, 6) is -8.29. The molecule has 0 aliphatic heterocycles. The maximum absolute atomic E-state index is 12.3. The predicted octanol–water partition coefficient (Wildman–Crippen LogP) is -2.95. The standard InChI is InChI=1S/2C20H38O7S.3Na/c1-5-9-11-15(7-3)13-17(18(21)22)20(19(23)24,28(25,26)27)14-16(8-4)12-10-6-2;1-3-5-7-9-11-13-15-26-19(21)17-18(28(23,24)25)20(22)27-16-14-12-10-8-6-4-2;;;/h15-17H,5-14H2,1-4H3,(H,21,22)(H,23,24)(H,25,26,27);18H,3-17H2,1-2H3,(H,23,24,25);;;/q;;3*+1/p-3. The quantitative estimate of drug-likeness (QED) is 0.0294. The van der Waals surface area contributed by atoms with Gasteiger partial charge in [-0.25, -0.2) is 8.42 Å². The van der Waals surface area contributed by atoms with Gasteiger partial charge in [-0.15, -0.1) is 0 Å². The van der Waals surface area contributed by atoms with E-state index in [9.17, 15) is 55.3 Å². The third kappa shape index (κ3) is 30.5. The Morgan fingerprint density at radius 3 is 1.39 bits per heavy atom. The molecule has 0 saturated heterocycles. The third-order valence-corrected chi connectivity index (χ3v) is 13.0. The molecule has 5 unspecified atom stereocenters. The first kappa shape index (κ1) is 68.8. The molecule has 0 saturated carbocycles. The summed E-state index contributed by atoms with van der Waals surface area (Å²) in [6, 6.07) is 0. The van der Waals surface area contributed by atoms with Gasteiger partial charge in [-0.05, 0) is 37.5 Å². The largest absolute Gasteiger partial charge is 1.00 e. The van der Waals surface area contributed by atoms with E-state index < -0.39 is 72.9 Å². The van der Waals surface area contributed by atoms with Crippen molar-refractivity contribution in [1.29, 1.82) is 0 Å². The molecule has 14 nitrogen and oxygen atoms in total. The van der Waals surface area contributed by atoms with Crippen LogP contribution in [0.5, 0.6) is 0 Å². The minimum Gasteiger partial charge on any atom is -0.747 e. The van der Waals surface area contributed by atoms with Crippen molar-refractivity contribution >= 4 is 44.1 Å². The van der Waals surface area contributed by atoms with E-state index in [1.807, 2.05) is 20.8 Å². The molecule has 0 aromatic carbocycles. The van der Waals surface area contributed by atoms with Gasteiger partial charge >= 0.3 is 101 Å². The average Bonchev–Trinajstić information content (AvgIpc) is 3.12. The third-order valence-electron chi connectivity index (χ3n) is 10.4. The number of carboxylic acids is 2. The van der Waals surface area contributed by atoms with Gasteiger partial charge in [-0.2, -0.15) is 8.42 Å². The average molecular weight is 911 g/mol. The van der Waals surface area contributed by atoms with Gasteiger partial charge in [0.25, 0.3) is 10.1 Å². The fraction of sp³-hybridized carbons (Fsp3) is 0.900. The van der Waals surface area contributed by atoms with E-state index in [0.717, 1.165) is 83.5 Å². The van der Waals surface area contributed by atoms with Crippen molar-refractivity contribution in [2.45, 2.75) is 199 Å². The van der Waals surface area contributed by atoms with E-state index in [1.165, 1.54) is 6.42 Å². The number of rotatable bonds is 34. The zero-order chi connectivity index (χ0) is 43.2. The first-order chi connectivity index (χ1) is 26.3. The van der Waals surface area contributed by atoms with Crippen LogP contribution in [0.15, 0.2) is 0 Å². The van der Waals surface area contributed by atoms with Gasteiger partial charge in [0.1, 0.15) is 14.9 Å². The molecule has 0 aromatic heterocycles. The molecule has 0 spiro atoms. The Balaban J connectivity index is -0.000000314. The molecule has 19 heteroatoms. The minimum absolute atomic E-state index is 0. The molecule has 5 atom stereocenters. The smallest absolute Gasteiger partial charge is 0.747 e. The Labute approximate surface area is 423 Å². The molecule has 0 bridgehead atoms. The topological polar surface area (TPSA) is 244 Å². The number of hydrogen-bond acceptors (Lipinski definition) is 13. The second-order valence-corrected chi connectivity index (χ2v) is 18.1. The normalized spacial score (nSPS) is 14.2. The van der Waals surface area contributed by atoms with Crippen LogP contribution >= 0.6 is 0 Å². The number of hydrogen-bond donors (Lipinski definition) is 1. The van der Waals surface area contributed by atoms with E-state index >= 15 is 0 Å². The van der Waals surface area contributed by atoms with Crippen LogP contribution in [-0.4, -0.2) is 73.0 Å². The zero-order valence-electron chi connectivity index (χ0n) is 38.1. The summed E-state index contributed by atoms with van der Waals surface area (Å²) in [6.07, 6.45) is 16.0. The second kappa shape index (κ2) is 40.2. The monoisotopic (exact) mass is 910 g/mol. The Morgan fingerprint density at radius 2 is 1.02 bits per heavy atom. The van der Waals surface area contributed by atoms with Crippen LogP contribution in [0.3, 0.4) is 0 Å². The molecule has 0 heterocycles. The van der Waals surface area contributed by atoms with Gasteiger partial charge in [-0.1, -0.05) is 157 Å². The molecule has 0 aromatic rings. The fourth-order valence-corrected chi connectivity index (χ4v) is 8.51. The van der Waals surface area contributed by atoms with Gasteiger partial charge in [0.15, 0.2) is 5.25 Å². The van der Waals surface area contributed by atoms with Gasteiger partial charge in [0.2, 0.25) is 0 Å². The number of aliphatic carboxylic acids is 2. The maximum Gasteiger partial charge on any atom is 1.00 e. The van der Waals surface area contributed by atoms with Crippen LogP contribution in [0.2, 0.25) is 0 Å². The molecule has 0 amide bonds. The molecule has 0 aliphatic carbocycles. The van der Waals surface area contributed by atoms with Gasteiger partial charge < -0.3 is 33.8 Å². The summed E-state index contributed by atoms with van der Waals surface area (Å²) >= 11 is 0. The van der Waals surface area contributed by atoms with Crippen LogP contribution in [0.1, 0.15) is 189 Å². The first-order valence-corrected chi connectivity index (χ1v) is 23.9. The Morgan fingerprint density at radius 1 is 0.610 bits per heavy atom. The van der Waals surface area contributed by atoms with Crippen molar-refractivity contribution in [1.82, 2.24) is 0 Å². The molecular formula is C40H73Na3O14S2.